The van der Waals surface area contributed by atoms with Crippen LogP contribution in [0.3, 0.4) is 0 Å². The smallest absolute Gasteiger partial charge is 0.191 e. The Morgan fingerprint density at radius 3 is 2.79 bits per heavy atom. The summed E-state index contributed by atoms with van der Waals surface area (Å²) in [7, 11) is 0. The van der Waals surface area contributed by atoms with Gasteiger partial charge in [-0.1, -0.05) is 0 Å². The number of aliphatic hydroxyl groups is 1. The fourth-order valence-corrected chi connectivity index (χ4v) is 1.27. The predicted molar refractivity (Wildman–Crippen MR) is 48.6 cm³/mol. The van der Waals surface area contributed by atoms with Gasteiger partial charge in [-0.3, -0.25) is 0 Å². The van der Waals surface area contributed by atoms with E-state index in [-0.39, 0.29) is 0 Å². The lowest BCUT2D eigenvalue weighted by Gasteiger charge is -2.17. The summed E-state index contributed by atoms with van der Waals surface area (Å²) in [5.74, 6) is 0.945. The van der Waals surface area contributed by atoms with E-state index < -0.39 is 5.60 Å². The molecule has 0 aromatic carbocycles. The van der Waals surface area contributed by atoms with E-state index in [1.807, 2.05) is 0 Å². The van der Waals surface area contributed by atoms with Crippen LogP contribution in [-0.4, -0.2) is 10.1 Å². The van der Waals surface area contributed by atoms with Gasteiger partial charge in [0.1, 0.15) is 5.60 Å². The van der Waals surface area contributed by atoms with Crippen LogP contribution in [-0.2, 0) is 5.60 Å². The molecule has 2 heterocycles. The monoisotopic (exact) mass is 193 g/mol. The molecule has 2 rings (SSSR count). The SMILES string of the molecule is Cc1ncc(C(C)(O)c2ccoc2)o1. The van der Waals surface area contributed by atoms with Gasteiger partial charge in [0, 0.05) is 12.5 Å². The van der Waals surface area contributed by atoms with Gasteiger partial charge < -0.3 is 13.9 Å². The van der Waals surface area contributed by atoms with Crippen LogP contribution in [0.15, 0.2) is 33.6 Å². The molecule has 0 saturated heterocycles. The molecule has 2 aromatic heterocycles. The quantitative estimate of drug-likeness (QED) is 0.790. The number of nitrogens with zero attached hydrogens (tertiary/aromatic N) is 1. The Hall–Kier alpha value is -1.55. The van der Waals surface area contributed by atoms with E-state index in [2.05, 4.69) is 4.98 Å². The van der Waals surface area contributed by atoms with E-state index >= 15 is 0 Å². The number of aromatic nitrogens is 1. The predicted octanol–water partition coefficient (Wildman–Crippen LogP) is 1.83. The Labute approximate surface area is 81.2 Å². The summed E-state index contributed by atoms with van der Waals surface area (Å²) in [6.07, 6.45) is 4.51. The standard InChI is InChI=1S/C10H11NO3/c1-7-11-5-9(14-7)10(2,12)8-3-4-13-6-8/h3-6,12H,1-2H3. The molecule has 0 aliphatic heterocycles. The average molecular weight is 193 g/mol. The average Bonchev–Trinajstić information content (AvgIpc) is 2.72. The number of hydrogen-bond donors (Lipinski definition) is 1. The van der Waals surface area contributed by atoms with Crippen LogP contribution in [0.4, 0.5) is 0 Å². The van der Waals surface area contributed by atoms with Crippen LogP contribution in [0.2, 0.25) is 0 Å². The van der Waals surface area contributed by atoms with Crippen molar-refractivity contribution in [3.05, 3.63) is 42.0 Å². The molecule has 14 heavy (non-hydrogen) atoms. The Morgan fingerprint density at radius 2 is 2.29 bits per heavy atom. The van der Waals surface area contributed by atoms with Gasteiger partial charge >= 0.3 is 0 Å². The molecule has 74 valence electrons. The van der Waals surface area contributed by atoms with E-state index in [1.54, 1.807) is 19.9 Å². The van der Waals surface area contributed by atoms with Crippen molar-refractivity contribution in [3.8, 4) is 0 Å². The summed E-state index contributed by atoms with van der Waals surface area (Å²) in [6, 6.07) is 1.69. The van der Waals surface area contributed by atoms with Gasteiger partial charge in [-0.25, -0.2) is 4.98 Å². The highest BCUT2D eigenvalue weighted by Crippen LogP contribution is 2.29. The van der Waals surface area contributed by atoms with Crippen LogP contribution < -0.4 is 0 Å². The summed E-state index contributed by atoms with van der Waals surface area (Å²) >= 11 is 0. The molecule has 0 radical (unpaired) electrons. The lowest BCUT2D eigenvalue weighted by Crippen LogP contribution is -2.21. The van der Waals surface area contributed by atoms with Crippen molar-refractivity contribution in [1.29, 1.82) is 0 Å². The molecule has 4 heteroatoms. The Morgan fingerprint density at radius 1 is 1.50 bits per heavy atom. The van der Waals surface area contributed by atoms with Crippen LogP contribution in [0.5, 0.6) is 0 Å². The lowest BCUT2D eigenvalue weighted by molar-refractivity contribution is 0.0751. The molecule has 2 aromatic rings. The van der Waals surface area contributed by atoms with Gasteiger partial charge in [0.05, 0.1) is 18.7 Å². The maximum atomic E-state index is 10.2. The van der Waals surface area contributed by atoms with Crippen molar-refractivity contribution in [2.75, 3.05) is 0 Å². The van der Waals surface area contributed by atoms with Crippen LogP contribution in [0, 0.1) is 6.92 Å². The second-order valence-electron chi connectivity index (χ2n) is 3.33. The first-order valence-corrected chi connectivity index (χ1v) is 4.28. The van der Waals surface area contributed by atoms with Crippen molar-refractivity contribution in [2.45, 2.75) is 19.4 Å². The minimum atomic E-state index is -1.19. The second-order valence-corrected chi connectivity index (χ2v) is 3.33. The lowest BCUT2D eigenvalue weighted by atomic mass is 9.97. The first-order valence-electron chi connectivity index (χ1n) is 4.28. The zero-order valence-electron chi connectivity index (χ0n) is 8.02. The van der Waals surface area contributed by atoms with Crippen LogP contribution >= 0.6 is 0 Å². The molecule has 0 bridgehead atoms. The van der Waals surface area contributed by atoms with Crippen molar-refractivity contribution in [2.24, 2.45) is 0 Å². The van der Waals surface area contributed by atoms with Gasteiger partial charge in [-0.05, 0) is 13.0 Å². The van der Waals surface area contributed by atoms with Gasteiger partial charge in [0.25, 0.3) is 0 Å². The third-order valence-electron chi connectivity index (χ3n) is 2.18. The maximum Gasteiger partial charge on any atom is 0.191 e. The van der Waals surface area contributed by atoms with Gasteiger partial charge in [-0.15, -0.1) is 0 Å². The van der Waals surface area contributed by atoms with Crippen LogP contribution in [0.1, 0.15) is 24.1 Å². The molecule has 0 aliphatic carbocycles. The number of aryl methyl sites for hydroxylation is 1. The van der Waals surface area contributed by atoms with Gasteiger partial charge in [0.2, 0.25) is 0 Å². The normalized spacial score (nSPS) is 15.4. The number of hydrogen-bond acceptors (Lipinski definition) is 4. The topological polar surface area (TPSA) is 59.4 Å². The first-order chi connectivity index (χ1) is 6.60. The van der Waals surface area contributed by atoms with Gasteiger partial charge in [0.15, 0.2) is 11.7 Å². The summed E-state index contributed by atoms with van der Waals surface area (Å²) < 4.78 is 10.2. The van der Waals surface area contributed by atoms with E-state index in [9.17, 15) is 5.11 Å². The molecule has 4 nitrogen and oxygen atoms in total. The Bertz CT molecular complexity index is 414. The molecular formula is C10H11NO3. The molecule has 0 amide bonds. The highest BCUT2D eigenvalue weighted by Gasteiger charge is 2.30. The molecule has 0 fully saturated rings. The largest absolute Gasteiger partial charge is 0.472 e. The molecule has 0 spiro atoms. The molecular weight excluding hydrogens is 182 g/mol. The minimum Gasteiger partial charge on any atom is -0.472 e. The summed E-state index contributed by atoms with van der Waals surface area (Å²) in [6.45, 7) is 3.37. The molecule has 0 saturated carbocycles. The van der Waals surface area contributed by atoms with Crippen molar-refractivity contribution in [1.82, 2.24) is 4.98 Å². The van der Waals surface area contributed by atoms with Crippen molar-refractivity contribution in [3.63, 3.8) is 0 Å². The Balaban J connectivity index is 2.42. The third-order valence-corrected chi connectivity index (χ3v) is 2.18. The maximum absolute atomic E-state index is 10.2. The molecule has 1 unspecified atom stereocenters. The summed E-state index contributed by atoms with van der Waals surface area (Å²) in [5, 5.41) is 10.2. The fourth-order valence-electron chi connectivity index (χ4n) is 1.27. The molecule has 0 aliphatic rings. The van der Waals surface area contributed by atoms with Gasteiger partial charge in [-0.2, -0.15) is 0 Å². The zero-order valence-corrected chi connectivity index (χ0v) is 8.02. The van der Waals surface area contributed by atoms with E-state index in [0.29, 0.717) is 17.2 Å². The Kier molecular flexibility index (Phi) is 1.93. The highest BCUT2D eigenvalue weighted by atomic mass is 16.4. The number of oxazole rings is 1. The van der Waals surface area contributed by atoms with Crippen LogP contribution in [0.25, 0.3) is 0 Å². The fraction of sp³-hybridized carbons (Fsp3) is 0.300. The van der Waals surface area contributed by atoms with Crippen molar-refractivity contribution < 1.29 is 13.9 Å². The van der Waals surface area contributed by atoms with Crippen molar-refractivity contribution >= 4 is 0 Å². The summed E-state index contributed by atoms with van der Waals surface area (Å²) in [4.78, 5) is 3.94. The third kappa shape index (κ3) is 1.33. The highest BCUT2D eigenvalue weighted by molar-refractivity contribution is 5.25. The van der Waals surface area contributed by atoms with E-state index in [0.717, 1.165) is 0 Å². The minimum absolute atomic E-state index is 0.413. The summed E-state index contributed by atoms with van der Waals surface area (Å²) in [5.41, 5.74) is -0.539. The molecule has 1 N–H and O–H groups in total. The van der Waals surface area contributed by atoms with E-state index in [1.165, 1.54) is 18.7 Å². The number of rotatable bonds is 2. The zero-order chi connectivity index (χ0) is 10.2. The first kappa shape index (κ1) is 9.02. The molecule has 1 atom stereocenters. The second kappa shape index (κ2) is 2.99. The number of furan rings is 1. The van der Waals surface area contributed by atoms with E-state index in [4.69, 9.17) is 8.83 Å².